The molecule has 1 saturated heterocycles. The Kier molecular flexibility index (Phi) is 7.32. The molecule has 2 heterocycles. The molecular weight excluding hydrogens is 504 g/mol. The first kappa shape index (κ1) is 26.1. The van der Waals surface area contributed by atoms with Crippen LogP contribution < -0.4 is 19.1 Å². The van der Waals surface area contributed by atoms with Crippen LogP contribution in [0.4, 0.5) is 5.69 Å². The van der Waals surface area contributed by atoms with E-state index >= 15 is 0 Å². The molecule has 200 valence electrons. The summed E-state index contributed by atoms with van der Waals surface area (Å²) >= 11 is 0. The molecule has 0 bridgehead atoms. The largest absolute Gasteiger partial charge is 0.497 e. The van der Waals surface area contributed by atoms with Gasteiger partial charge in [-0.2, -0.15) is 0 Å². The van der Waals surface area contributed by atoms with E-state index in [4.69, 9.17) is 14.2 Å². The number of rotatable bonds is 7. The fourth-order valence-corrected chi connectivity index (χ4v) is 6.57. The third-order valence-electron chi connectivity index (χ3n) is 7.36. The normalized spacial score (nSPS) is 18.7. The summed E-state index contributed by atoms with van der Waals surface area (Å²) in [5, 5.41) is 3.08. The van der Waals surface area contributed by atoms with Crippen molar-refractivity contribution in [2.24, 2.45) is 0 Å². The number of hydrogen-bond acceptors (Lipinski definition) is 6. The lowest BCUT2D eigenvalue weighted by Gasteiger charge is -2.39. The van der Waals surface area contributed by atoms with Crippen molar-refractivity contribution in [3.8, 4) is 11.5 Å². The van der Waals surface area contributed by atoms with Crippen molar-refractivity contribution in [3.63, 3.8) is 0 Å². The first-order chi connectivity index (χ1) is 18.3. The molecule has 0 saturated carbocycles. The molecule has 0 spiro atoms. The van der Waals surface area contributed by atoms with Crippen LogP contribution in [0.1, 0.15) is 24.0 Å². The molecule has 0 aliphatic carbocycles. The second-order valence-electron chi connectivity index (χ2n) is 9.77. The van der Waals surface area contributed by atoms with E-state index in [2.05, 4.69) is 17.4 Å². The number of hydrogen-bond donors (Lipinski definition) is 1. The molecule has 1 atom stereocenters. The first-order valence-corrected chi connectivity index (χ1v) is 14.1. The van der Waals surface area contributed by atoms with Gasteiger partial charge in [-0.1, -0.05) is 36.4 Å². The van der Waals surface area contributed by atoms with Crippen LogP contribution in [0.25, 0.3) is 0 Å². The molecule has 5 rings (SSSR count). The lowest BCUT2D eigenvalue weighted by Crippen LogP contribution is -2.53. The molecule has 2 aliphatic rings. The molecule has 0 aromatic heterocycles. The molecule has 1 amide bonds. The highest BCUT2D eigenvalue weighted by Crippen LogP contribution is 2.38. The number of fused-ring (bicyclic) bond motifs is 1. The maximum Gasteiger partial charge on any atom is 0.264 e. The summed E-state index contributed by atoms with van der Waals surface area (Å²) < 4.78 is 45.6. The van der Waals surface area contributed by atoms with E-state index in [1.165, 1.54) is 23.5 Å². The second-order valence-corrected chi connectivity index (χ2v) is 11.6. The number of benzene rings is 3. The SMILES string of the molecule is COc1ccc(S(=O)(=O)N2CC(C(=O)NCC3(c4ccccc4)CCOCC3)Oc3cc(C)ccc32)cc1. The molecule has 8 nitrogen and oxygen atoms in total. The number of ether oxygens (including phenoxy) is 3. The van der Waals surface area contributed by atoms with Gasteiger partial charge in [-0.15, -0.1) is 0 Å². The predicted molar refractivity (Wildman–Crippen MR) is 144 cm³/mol. The van der Waals surface area contributed by atoms with Crippen LogP contribution in [0.2, 0.25) is 0 Å². The van der Waals surface area contributed by atoms with Gasteiger partial charge >= 0.3 is 0 Å². The van der Waals surface area contributed by atoms with Gasteiger partial charge < -0.3 is 19.5 Å². The summed E-state index contributed by atoms with van der Waals surface area (Å²) in [6.07, 6.45) is 0.552. The van der Waals surface area contributed by atoms with Gasteiger partial charge in [-0.25, -0.2) is 8.42 Å². The van der Waals surface area contributed by atoms with Crippen LogP contribution in [0.3, 0.4) is 0 Å². The lowest BCUT2D eigenvalue weighted by atomic mass is 9.74. The van der Waals surface area contributed by atoms with Gasteiger partial charge in [0.2, 0.25) is 0 Å². The Bertz CT molecular complexity index is 1390. The predicted octanol–water partition coefficient (Wildman–Crippen LogP) is 3.82. The minimum Gasteiger partial charge on any atom is -0.497 e. The quantitative estimate of drug-likeness (QED) is 0.493. The lowest BCUT2D eigenvalue weighted by molar-refractivity contribution is -0.128. The molecule has 0 radical (unpaired) electrons. The first-order valence-electron chi connectivity index (χ1n) is 12.7. The third kappa shape index (κ3) is 5.08. The van der Waals surface area contributed by atoms with Crippen LogP contribution >= 0.6 is 0 Å². The Hall–Kier alpha value is -3.56. The van der Waals surface area contributed by atoms with Crippen molar-refractivity contribution in [3.05, 3.63) is 83.9 Å². The Morgan fingerprint density at radius 3 is 2.45 bits per heavy atom. The highest BCUT2D eigenvalue weighted by molar-refractivity contribution is 7.92. The van der Waals surface area contributed by atoms with Crippen molar-refractivity contribution in [2.75, 3.05) is 37.7 Å². The zero-order valence-corrected chi connectivity index (χ0v) is 22.4. The summed E-state index contributed by atoms with van der Waals surface area (Å²) in [7, 11) is -2.45. The Labute approximate surface area is 223 Å². The van der Waals surface area contributed by atoms with E-state index < -0.39 is 16.1 Å². The van der Waals surface area contributed by atoms with E-state index in [1.54, 1.807) is 24.3 Å². The average Bonchev–Trinajstić information content (AvgIpc) is 2.96. The van der Waals surface area contributed by atoms with Gasteiger partial charge in [0.15, 0.2) is 6.10 Å². The van der Waals surface area contributed by atoms with Gasteiger partial charge in [-0.3, -0.25) is 9.10 Å². The van der Waals surface area contributed by atoms with Gasteiger partial charge in [0.25, 0.3) is 15.9 Å². The number of nitrogens with one attached hydrogen (secondary N) is 1. The van der Waals surface area contributed by atoms with E-state index in [9.17, 15) is 13.2 Å². The van der Waals surface area contributed by atoms with Crippen molar-refractivity contribution >= 4 is 21.6 Å². The average molecular weight is 537 g/mol. The Morgan fingerprint density at radius 2 is 1.76 bits per heavy atom. The van der Waals surface area contributed by atoms with Crippen LogP contribution in [-0.4, -0.2) is 53.8 Å². The zero-order chi connectivity index (χ0) is 26.8. The molecule has 38 heavy (non-hydrogen) atoms. The van der Waals surface area contributed by atoms with Crippen molar-refractivity contribution in [1.82, 2.24) is 5.32 Å². The third-order valence-corrected chi connectivity index (χ3v) is 9.16. The summed E-state index contributed by atoms with van der Waals surface area (Å²) in [5.41, 5.74) is 2.20. The number of aryl methyl sites for hydroxylation is 1. The smallest absolute Gasteiger partial charge is 0.264 e. The summed E-state index contributed by atoms with van der Waals surface area (Å²) in [6, 6.07) is 21.6. The van der Waals surface area contributed by atoms with Gasteiger partial charge in [-0.05, 0) is 67.3 Å². The minimum atomic E-state index is -3.97. The van der Waals surface area contributed by atoms with Gasteiger partial charge in [0.1, 0.15) is 11.5 Å². The molecule has 2 aliphatic heterocycles. The van der Waals surface area contributed by atoms with Crippen molar-refractivity contribution in [1.29, 1.82) is 0 Å². The van der Waals surface area contributed by atoms with Crippen LogP contribution in [0.5, 0.6) is 11.5 Å². The number of sulfonamides is 1. The maximum atomic E-state index is 13.7. The van der Waals surface area contributed by atoms with Crippen molar-refractivity contribution < 1.29 is 27.4 Å². The van der Waals surface area contributed by atoms with Gasteiger partial charge in [0.05, 0.1) is 24.2 Å². The topological polar surface area (TPSA) is 94.2 Å². The highest BCUT2D eigenvalue weighted by atomic mass is 32.2. The fraction of sp³-hybridized carbons (Fsp3) is 0.345. The number of amides is 1. The van der Waals surface area contributed by atoms with Crippen LogP contribution in [0, 0.1) is 6.92 Å². The molecule has 9 heteroatoms. The summed E-state index contributed by atoms with van der Waals surface area (Å²) in [6.45, 7) is 3.39. The fourth-order valence-electron chi connectivity index (χ4n) is 5.09. The van der Waals surface area contributed by atoms with Gasteiger partial charge in [0, 0.05) is 25.2 Å². The molecule has 3 aromatic carbocycles. The van der Waals surface area contributed by atoms with E-state index in [1.807, 2.05) is 31.2 Å². The summed E-state index contributed by atoms with van der Waals surface area (Å²) in [4.78, 5) is 13.6. The van der Waals surface area contributed by atoms with Crippen LogP contribution in [0.15, 0.2) is 77.7 Å². The van der Waals surface area contributed by atoms with E-state index in [0.717, 1.165) is 24.0 Å². The number of anilines is 1. The van der Waals surface area contributed by atoms with E-state index in [0.29, 0.717) is 36.9 Å². The summed E-state index contributed by atoms with van der Waals surface area (Å²) in [5.74, 6) is 0.561. The molecular formula is C29H32N2O6S. The molecule has 1 unspecified atom stereocenters. The number of methoxy groups -OCH3 is 1. The Morgan fingerprint density at radius 1 is 1.05 bits per heavy atom. The Balaban J connectivity index is 1.41. The maximum absolute atomic E-state index is 13.7. The highest BCUT2D eigenvalue weighted by Gasteiger charge is 2.40. The standard InChI is InChI=1S/C29H32N2O6S/c1-21-8-13-25-26(18-21)37-27(19-31(25)38(33,34)24-11-9-23(35-2)10-12-24)28(32)30-20-29(14-16-36-17-15-29)22-6-4-3-5-7-22/h3-13,18,27H,14-17,19-20H2,1-2H3,(H,30,32). The number of carbonyl (C=O) groups excluding carboxylic acids is 1. The minimum absolute atomic E-state index is 0.108. The molecule has 1 fully saturated rings. The second kappa shape index (κ2) is 10.7. The number of nitrogens with zero attached hydrogens (tertiary/aromatic N) is 1. The van der Waals surface area contributed by atoms with E-state index in [-0.39, 0.29) is 22.8 Å². The number of carbonyl (C=O) groups is 1. The molecule has 3 aromatic rings. The monoisotopic (exact) mass is 536 g/mol. The van der Waals surface area contributed by atoms with Crippen molar-refractivity contribution in [2.45, 2.75) is 36.2 Å². The van der Waals surface area contributed by atoms with Crippen LogP contribution in [-0.2, 0) is 25.0 Å². The molecule has 1 N–H and O–H groups in total. The zero-order valence-electron chi connectivity index (χ0n) is 21.6.